The summed E-state index contributed by atoms with van der Waals surface area (Å²) in [5.41, 5.74) is 0.137. The Morgan fingerprint density at radius 3 is 2.57 bits per heavy atom. The van der Waals surface area contributed by atoms with Crippen molar-refractivity contribution in [2.45, 2.75) is 0 Å². The first kappa shape index (κ1) is 11.1. The van der Waals surface area contributed by atoms with Gasteiger partial charge in [0.05, 0.1) is 17.8 Å². The number of hydrogen-bond donors (Lipinski definition) is 1. The number of esters is 1. The Morgan fingerprint density at radius 2 is 2.07 bits per heavy atom. The highest BCUT2D eigenvalue weighted by Gasteiger charge is 2.14. The predicted molar refractivity (Wildman–Crippen MR) is 58.7 cm³/mol. The average molecular weight is 308 g/mol. The van der Waals surface area contributed by atoms with Gasteiger partial charge in [-0.2, -0.15) is 0 Å². The Balaban J connectivity index is 3.21. The number of rotatable bonds is 2. The molecule has 1 N–H and O–H groups in total. The minimum Gasteiger partial charge on any atom is -0.507 e. The standard InChI is InChI=1S/C9H9IO4/c1-13-8-4-7(11)5(3-6(8)10)9(12)14-2/h3-4,11H,1-2H3. The second kappa shape index (κ2) is 4.50. The van der Waals surface area contributed by atoms with E-state index >= 15 is 0 Å². The minimum absolute atomic E-state index is 0.137. The second-order valence-electron chi connectivity index (χ2n) is 2.50. The molecule has 0 aliphatic heterocycles. The second-order valence-corrected chi connectivity index (χ2v) is 3.66. The summed E-state index contributed by atoms with van der Waals surface area (Å²) in [4.78, 5) is 11.2. The van der Waals surface area contributed by atoms with E-state index < -0.39 is 5.97 Å². The van der Waals surface area contributed by atoms with Crippen LogP contribution in [-0.2, 0) is 4.74 Å². The van der Waals surface area contributed by atoms with Crippen molar-refractivity contribution in [1.29, 1.82) is 0 Å². The molecule has 0 unspecified atom stereocenters. The number of ether oxygens (including phenoxy) is 2. The molecule has 76 valence electrons. The van der Waals surface area contributed by atoms with Gasteiger partial charge < -0.3 is 14.6 Å². The van der Waals surface area contributed by atoms with Crippen LogP contribution in [-0.4, -0.2) is 25.3 Å². The number of phenols is 1. The molecule has 0 aliphatic carbocycles. The van der Waals surface area contributed by atoms with Crippen LogP contribution in [0.15, 0.2) is 12.1 Å². The molecule has 4 nitrogen and oxygen atoms in total. The van der Waals surface area contributed by atoms with Crippen LogP contribution in [0.4, 0.5) is 0 Å². The first-order valence-electron chi connectivity index (χ1n) is 3.75. The molecular weight excluding hydrogens is 299 g/mol. The van der Waals surface area contributed by atoms with Gasteiger partial charge in [-0.05, 0) is 28.7 Å². The van der Waals surface area contributed by atoms with Crippen LogP contribution in [0.2, 0.25) is 0 Å². The van der Waals surface area contributed by atoms with E-state index in [-0.39, 0.29) is 11.3 Å². The number of carbonyl (C=O) groups is 1. The van der Waals surface area contributed by atoms with E-state index in [1.165, 1.54) is 26.4 Å². The fraction of sp³-hybridized carbons (Fsp3) is 0.222. The monoisotopic (exact) mass is 308 g/mol. The highest BCUT2D eigenvalue weighted by molar-refractivity contribution is 14.1. The Kier molecular flexibility index (Phi) is 3.56. The third-order valence-electron chi connectivity index (χ3n) is 1.68. The molecule has 0 saturated heterocycles. The molecule has 0 saturated carbocycles. The Morgan fingerprint density at radius 1 is 1.43 bits per heavy atom. The summed E-state index contributed by atoms with van der Waals surface area (Å²) in [7, 11) is 2.76. The molecule has 0 fully saturated rings. The summed E-state index contributed by atoms with van der Waals surface area (Å²) >= 11 is 2.01. The van der Waals surface area contributed by atoms with Crippen molar-refractivity contribution in [1.82, 2.24) is 0 Å². The summed E-state index contributed by atoms with van der Waals surface area (Å²) in [5, 5.41) is 9.46. The molecule has 0 amide bonds. The van der Waals surface area contributed by atoms with E-state index in [1.807, 2.05) is 22.6 Å². The van der Waals surface area contributed by atoms with Gasteiger partial charge >= 0.3 is 5.97 Å². The lowest BCUT2D eigenvalue weighted by Crippen LogP contribution is -2.02. The van der Waals surface area contributed by atoms with E-state index in [4.69, 9.17) is 4.74 Å². The molecule has 0 spiro atoms. The first-order chi connectivity index (χ1) is 6.60. The smallest absolute Gasteiger partial charge is 0.341 e. The normalized spacial score (nSPS) is 9.64. The van der Waals surface area contributed by atoms with Crippen LogP contribution in [0.1, 0.15) is 10.4 Å². The molecule has 1 rings (SSSR count). The zero-order chi connectivity index (χ0) is 10.7. The third-order valence-corrected chi connectivity index (χ3v) is 2.52. The highest BCUT2D eigenvalue weighted by atomic mass is 127. The number of benzene rings is 1. The van der Waals surface area contributed by atoms with Crippen molar-refractivity contribution in [3.05, 3.63) is 21.3 Å². The van der Waals surface area contributed by atoms with Crippen molar-refractivity contribution >= 4 is 28.6 Å². The molecule has 0 bridgehead atoms. The van der Waals surface area contributed by atoms with Crippen LogP contribution < -0.4 is 4.74 Å². The van der Waals surface area contributed by atoms with Gasteiger partial charge in [-0.1, -0.05) is 0 Å². The Labute approximate surface area is 95.0 Å². The lowest BCUT2D eigenvalue weighted by atomic mass is 10.2. The average Bonchev–Trinajstić information content (AvgIpc) is 2.19. The first-order valence-corrected chi connectivity index (χ1v) is 4.82. The number of halogens is 1. The zero-order valence-corrected chi connectivity index (χ0v) is 9.86. The van der Waals surface area contributed by atoms with Gasteiger partial charge in [0, 0.05) is 6.07 Å². The molecule has 0 aliphatic rings. The molecule has 0 aromatic heterocycles. The van der Waals surface area contributed by atoms with Gasteiger partial charge in [0.25, 0.3) is 0 Å². The largest absolute Gasteiger partial charge is 0.507 e. The SMILES string of the molecule is COC(=O)c1cc(I)c(OC)cc1O. The number of aromatic hydroxyl groups is 1. The lowest BCUT2D eigenvalue weighted by molar-refractivity contribution is 0.0597. The molecule has 0 atom stereocenters. The van der Waals surface area contributed by atoms with Crippen LogP contribution in [0.5, 0.6) is 11.5 Å². The summed E-state index contributed by atoms with van der Waals surface area (Å²) in [6.07, 6.45) is 0. The van der Waals surface area contributed by atoms with Crippen molar-refractivity contribution in [2.24, 2.45) is 0 Å². The topological polar surface area (TPSA) is 55.8 Å². The van der Waals surface area contributed by atoms with E-state index in [0.29, 0.717) is 5.75 Å². The maximum atomic E-state index is 11.2. The molecule has 0 heterocycles. The lowest BCUT2D eigenvalue weighted by Gasteiger charge is -2.07. The van der Waals surface area contributed by atoms with Crippen LogP contribution in [0.3, 0.4) is 0 Å². The summed E-state index contributed by atoms with van der Waals surface area (Å²) in [6.45, 7) is 0. The van der Waals surface area contributed by atoms with Crippen LogP contribution in [0.25, 0.3) is 0 Å². The van der Waals surface area contributed by atoms with Gasteiger partial charge in [-0.25, -0.2) is 4.79 Å². The van der Waals surface area contributed by atoms with Crippen molar-refractivity contribution in [2.75, 3.05) is 14.2 Å². The van der Waals surface area contributed by atoms with E-state index in [9.17, 15) is 9.90 Å². The van der Waals surface area contributed by atoms with Crippen molar-refractivity contribution in [3.8, 4) is 11.5 Å². The number of carbonyl (C=O) groups excluding carboxylic acids is 1. The Bertz CT molecular complexity index is 362. The summed E-state index contributed by atoms with van der Waals surface area (Å²) in [5.74, 6) is -0.187. The number of hydrogen-bond acceptors (Lipinski definition) is 4. The Hall–Kier alpha value is -0.980. The maximum Gasteiger partial charge on any atom is 0.341 e. The minimum atomic E-state index is -0.567. The predicted octanol–water partition coefficient (Wildman–Crippen LogP) is 1.79. The van der Waals surface area contributed by atoms with Crippen molar-refractivity contribution < 1.29 is 19.4 Å². The number of phenolic OH excluding ortho intramolecular Hbond substituents is 1. The summed E-state index contributed by atoms with van der Waals surface area (Å²) < 4.78 is 10.2. The summed E-state index contributed by atoms with van der Waals surface area (Å²) in [6, 6.07) is 2.90. The molecule has 1 aromatic rings. The highest BCUT2D eigenvalue weighted by Crippen LogP contribution is 2.29. The van der Waals surface area contributed by atoms with Gasteiger partial charge in [0.1, 0.15) is 17.1 Å². The molecule has 0 radical (unpaired) electrons. The third kappa shape index (κ3) is 2.09. The fourth-order valence-corrected chi connectivity index (χ4v) is 1.66. The van der Waals surface area contributed by atoms with E-state index in [0.717, 1.165) is 3.57 Å². The van der Waals surface area contributed by atoms with Gasteiger partial charge in [-0.3, -0.25) is 0 Å². The zero-order valence-electron chi connectivity index (χ0n) is 7.70. The van der Waals surface area contributed by atoms with Gasteiger partial charge in [0.15, 0.2) is 0 Å². The molecule has 5 heteroatoms. The van der Waals surface area contributed by atoms with Crippen molar-refractivity contribution in [3.63, 3.8) is 0 Å². The fourth-order valence-electron chi connectivity index (χ4n) is 0.973. The van der Waals surface area contributed by atoms with Gasteiger partial charge in [-0.15, -0.1) is 0 Å². The quantitative estimate of drug-likeness (QED) is 0.668. The van der Waals surface area contributed by atoms with E-state index in [1.54, 1.807) is 0 Å². The molecule has 14 heavy (non-hydrogen) atoms. The van der Waals surface area contributed by atoms with Crippen LogP contribution >= 0.6 is 22.6 Å². The number of methoxy groups -OCH3 is 2. The van der Waals surface area contributed by atoms with Crippen LogP contribution in [0, 0.1) is 3.57 Å². The maximum absolute atomic E-state index is 11.2. The molecule has 1 aromatic carbocycles. The van der Waals surface area contributed by atoms with Gasteiger partial charge in [0.2, 0.25) is 0 Å². The van der Waals surface area contributed by atoms with E-state index in [2.05, 4.69) is 4.74 Å². The molecular formula is C9H9IO4.